The summed E-state index contributed by atoms with van der Waals surface area (Å²) in [5.74, 6) is -0.0209. The van der Waals surface area contributed by atoms with Gasteiger partial charge in [0.05, 0.1) is 4.88 Å². The molecule has 1 rings (SSSR count). The van der Waals surface area contributed by atoms with Crippen LogP contribution in [0.15, 0.2) is 16.3 Å². The maximum Gasteiger partial charge on any atom is 0.261 e. The maximum atomic E-state index is 11.6. The van der Waals surface area contributed by atoms with E-state index in [1.807, 2.05) is 5.38 Å². The average molecular weight is 259 g/mol. The van der Waals surface area contributed by atoms with Crippen LogP contribution in [0.3, 0.4) is 0 Å². The van der Waals surface area contributed by atoms with Gasteiger partial charge in [0.15, 0.2) is 0 Å². The molecule has 0 aromatic carbocycles. The molecule has 0 radical (unpaired) electrons. The van der Waals surface area contributed by atoms with Gasteiger partial charge in [0.25, 0.3) is 5.91 Å². The molecule has 0 fully saturated rings. The van der Waals surface area contributed by atoms with Crippen molar-refractivity contribution < 1.29 is 9.90 Å². The number of amides is 1. The molecule has 0 aliphatic heterocycles. The number of rotatable bonds is 7. The summed E-state index contributed by atoms with van der Waals surface area (Å²) in [5.41, 5.74) is 0. The van der Waals surface area contributed by atoms with Gasteiger partial charge in [-0.3, -0.25) is 4.79 Å². The third-order valence-corrected chi connectivity index (χ3v) is 3.54. The van der Waals surface area contributed by atoms with Crippen molar-refractivity contribution in [3.63, 3.8) is 0 Å². The lowest BCUT2D eigenvalue weighted by Crippen LogP contribution is -2.23. The molecule has 2 N–H and O–H groups in total. The molecule has 0 bridgehead atoms. The molecule has 0 spiro atoms. The molecule has 0 aliphatic carbocycles. The summed E-state index contributed by atoms with van der Waals surface area (Å²) in [7, 11) is 0. The van der Waals surface area contributed by atoms with Gasteiger partial charge in [0.2, 0.25) is 0 Å². The molecule has 0 saturated heterocycles. The van der Waals surface area contributed by atoms with Gasteiger partial charge in [-0.25, -0.2) is 0 Å². The number of unbranched alkanes of at least 4 members (excludes halogenated alkanes) is 3. The van der Waals surface area contributed by atoms with Crippen molar-refractivity contribution in [2.75, 3.05) is 13.2 Å². The predicted octanol–water partition coefficient (Wildman–Crippen LogP) is 2.32. The van der Waals surface area contributed by atoms with Gasteiger partial charge < -0.3 is 10.4 Å². The van der Waals surface area contributed by atoms with Crippen molar-refractivity contribution in [2.45, 2.75) is 30.6 Å². The number of aliphatic hydroxyl groups is 1. The molecule has 5 heteroatoms. The number of hydrogen-bond donors (Lipinski definition) is 3. The molecular formula is C11H17NO2S2. The summed E-state index contributed by atoms with van der Waals surface area (Å²) < 4.78 is 0. The lowest BCUT2D eigenvalue weighted by atomic mass is 10.2. The van der Waals surface area contributed by atoms with Crippen LogP contribution < -0.4 is 5.32 Å². The molecule has 90 valence electrons. The van der Waals surface area contributed by atoms with Gasteiger partial charge in [-0.1, -0.05) is 12.8 Å². The molecule has 1 aromatic heterocycles. The number of aliphatic hydroxyl groups excluding tert-OH is 1. The van der Waals surface area contributed by atoms with E-state index < -0.39 is 0 Å². The van der Waals surface area contributed by atoms with E-state index in [2.05, 4.69) is 17.9 Å². The van der Waals surface area contributed by atoms with Crippen LogP contribution in [0, 0.1) is 0 Å². The fourth-order valence-corrected chi connectivity index (χ4v) is 2.39. The van der Waals surface area contributed by atoms with Crippen molar-refractivity contribution in [3.05, 3.63) is 16.3 Å². The summed E-state index contributed by atoms with van der Waals surface area (Å²) in [6.45, 7) is 0.955. The average Bonchev–Trinajstić information content (AvgIpc) is 2.70. The predicted molar refractivity (Wildman–Crippen MR) is 69.5 cm³/mol. The Bertz CT molecular complexity index is 326. The Kier molecular flexibility index (Phi) is 6.52. The van der Waals surface area contributed by atoms with E-state index in [4.69, 9.17) is 5.11 Å². The highest BCUT2D eigenvalue weighted by Gasteiger charge is 2.06. The molecule has 1 heterocycles. The van der Waals surface area contributed by atoms with E-state index >= 15 is 0 Å². The molecule has 1 amide bonds. The second-order valence-corrected chi connectivity index (χ2v) is 4.99. The zero-order chi connectivity index (χ0) is 11.8. The Hall–Kier alpha value is -0.520. The minimum atomic E-state index is -0.0209. The van der Waals surface area contributed by atoms with Crippen LogP contribution in [0.1, 0.15) is 35.4 Å². The van der Waals surface area contributed by atoms with Crippen LogP contribution in [0.4, 0.5) is 0 Å². The van der Waals surface area contributed by atoms with E-state index in [1.54, 1.807) is 6.07 Å². The van der Waals surface area contributed by atoms with Crippen LogP contribution in [0.5, 0.6) is 0 Å². The van der Waals surface area contributed by atoms with Gasteiger partial charge >= 0.3 is 0 Å². The number of thiol groups is 1. The zero-order valence-corrected chi connectivity index (χ0v) is 10.8. The smallest absolute Gasteiger partial charge is 0.261 e. The fraction of sp³-hybridized carbons (Fsp3) is 0.545. The Labute approximate surface area is 105 Å². The van der Waals surface area contributed by atoms with E-state index in [-0.39, 0.29) is 12.5 Å². The van der Waals surface area contributed by atoms with E-state index in [9.17, 15) is 4.79 Å². The summed E-state index contributed by atoms with van der Waals surface area (Å²) in [6, 6.07) is 1.77. The molecule has 0 atom stereocenters. The quantitative estimate of drug-likeness (QED) is 0.520. The first kappa shape index (κ1) is 13.5. The summed E-state index contributed by atoms with van der Waals surface area (Å²) in [6.07, 6.45) is 3.88. The summed E-state index contributed by atoms with van der Waals surface area (Å²) >= 11 is 5.56. The standard InChI is InChI=1S/C11H17NO2S2/c13-6-4-2-1-3-5-12-11(14)10-7-9(15)8-16-10/h7-8,13,15H,1-6H2,(H,12,14). The van der Waals surface area contributed by atoms with Crippen LogP contribution in [0.25, 0.3) is 0 Å². The highest BCUT2D eigenvalue weighted by atomic mass is 32.1. The summed E-state index contributed by atoms with van der Waals surface area (Å²) in [4.78, 5) is 13.1. The molecule has 0 unspecified atom stereocenters. The number of carbonyl (C=O) groups excluding carboxylic acids is 1. The first-order valence-corrected chi connectivity index (χ1v) is 6.73. The Morgan fingerprint density at radius 1 is 1.38 bits per heavy atom. The van der Waals surface area contributed by atoms with Crippen molar-refractivity contribution >= 4 is 29.9 Å². The Morgan fingerprint density at radius 2 is 2.12 bits per heavy atom. The highest BCUT2D eigenvalue weighted by molar-refractivity contribution is 7.80. The molecule has 3 nitrogen and oxygen atoms in total. The fourth-order valence-electron chi connectivity index (χ4n) is 1.32. The van der Waals surface area contributed by atoms with Gasteiger partial charge in [-0.15, -0.1) is 24.0 Å². The largest absolute Gasteiger partial charge is 0.396 e. The normalized spacial score (nSPS) is 10.4. The molecule has 16 heavy (non-hydrogen) atoms. The summed E-state index contributed by atoms with van der Waals surface area (Å²) in [5, 5.41) is 13.3. The minimum absolute atomic E-state index is 0.0209. The van der Waals surface area contributed by atoms with Gasteiger partial charge in [0.1, 0.15) is 0 Å². The molecule has 0 aliphatic rings. The van der Waals surface area contributed by atoms with Gasteiger partial charge in [-0.2, -0.15) is 0 Å². The van der Waals surface area contributed by atoms with E-state index in [0.717, 1.165) is 30.6 Å². The first-order chi connectivity index (χ1) is 7.74. The van der Waals surface area contributed by atoms with E-state index in [0.29, 0.717) is 11.4 Å². The van der Waals surface area contributed by atoms with Gasteiger partial charge in [0, 0.05) is 23.4 Å². The lowest BCUT2D eigenvalue weighted by Gasteiger charge is -2.02. The van der Waals surface area contributed by atoms with Crippen molar-refractivity contribution in [2.24, 2.45) is 0 Å². The second-order valence-electron chi connectivity index (χ2n) is 3.56. The maximum absolute atomic E-state index is 11.6. The minimum Gasteiger partial charge on any atom is -0.396 e. The molecule has 0 saturated carbocycles. The topological polar surface area (TPSA) is 49.3 Å². The van der Waals surface area contributed by atoms with Crippen LogP contribution >= 0.6 is 24.0 Å². The second kappa shape index (κ2) is 7.70. The SMILES string of the molecule is O=C(NCCCCCCO)c1cc(S)cs1. The Morgan fingerprint density at radius 3 is 2.75 bits per heavy atom. The number of carbonyl (C=O) groups is 1. The molecule has 1 aromatic rings. The number of hydrogen-bond acceptors (Lipinski definition) is 4. The van der Waals surface area contributed by atoms with E-state index in [1.165, 1.54) is 11.3 Å². The highest BCUT2D eigenvalue weighted by Crippen LogP contribution is 2.17. The van der Waals surface area contributed by atoms with Gasteiger partial charge in [-0.05, 0) is 18.9 Å². The van der Waals surface area contributed by atoms with Crippen molar-refractivity contribution in [3.8, 4) is 0 Å². The first-order valence-electron chi connectivity index (χ1n) is 5.40. The lowest BCUT2D eigenvalue weighted by molar-refractivity contribution is 0.0956. The number of nitrogens with one attached hydrogen (secondary N) is 1. The van der Waals surface area contributed by atoms with Crippen molar-refractivity contribution in [1.82, 2.24) is 5.32 Å². The Balaban J connectivity index is 2.11. The monoisotopic (exact) mass is 259 g/mol. The third-order valence-electron chi connectivity index (χ3n) is 2.18. The van der Waals surface area contributed by atoms with Crippen LogP contribution in [0.2, 0.25) is 0 Å². The number of thiophene rings is 1. The molecular weight excluding hydrogens is 242 g/mol. The zero-order valence-electron chi connectivity index (χ0n) is 9.11. The van der Waals surface area contributed by atoms with Crippen LogP contribution in [-0.4, -0.2) is 24.2 Å². The van der Waals surface area contributed by atoms with Crippen molar-refractivity contribution in [1.29, 1.82) is 0 Å². The van der Waals surface area contributed by atoms with Crippen LogP contribution in [-0.2, 0) is 0 Å². The third kappa shape index (κ3) is 5.01.